The highest BCUT2D eigenvalue weighted by Crippen LogP contribution is 2.18. The molecule has 0 saturated carbocycles. The molecule has 0 fully saturated rings. The molecule has 0 atom stereocenters. The van der Waals surface area contributed by atoms with E-state index in [4.69, 9.17) is 4.74 Å². The second-order valence-electron chi connectivity index (χ2n) is 6.20. The molecule has 138 valence electrons. The zero-order valence-corrected chi connectivity index (χ0v) is 15.6. The first-order chi connectivity index (χ1) is 13.0. The second kappa shape index (κ2) is 8.31. The lowest BCUT2D eigenvalue weighted by Crippen LogP contribution is -2.16. The molecule has 6 nitrogen and oxygen atoms in total. The topological polar surface area (TPSA) is 76.1 Å². The molecule has 1 amide bonds. The number of aryl methyl sites for hydroxylation is 2. The van der Waals surface area contributed by atoms with Crippen LogP contribution < -0.4 is 15.4 Å². The average molecular weight is 362 g/mol. The van der Waals surface area contributed by atoms with Crippen molar-refractivity contribution in [1.29, 1.82) is 0 Å². The minimum Gasteiger partial charge on any atom is -0.496 e. The Morgan fingerprint density at radius 3 is 2.52 bits per heavy atom. The molecule has 0 bridgehead atoms. The quantitative estimate of drug-likeness (QED) is 0.694. The summed E-state index contributed by atoms with van der Waals surface area (Å²) in [5.41, 5.74) is 3.86. The van der Waals surface area contributed by atoms with E-state index in [0.29, 0.717) is 23.9 Å². The van der Waals surface area contributed by atoms with E-state index in [0.717, 1.165) is 22.6 Å². The summed E-state index contributed by atoms with van der Waals surface area (Å²) in [5, 5.41) is 6.02. The van der Waals surface area contributed by atoms with Crippen LogP contribution in [0.25, 0.3) is 0 Å². The highest BCUT2D eigenvalue weighted by Gasteiger charge is 2.11. The third-order valence-electron chi connectivity index (χ3n) is 4.03. The Morgan fingerprint density at radius 1 is 1.04 bits per heavy atom. The number of amides is 1. The maximum Gasteiger partial charge on any atom is 0.274 e. The number of methoxy groups -OCH3 is 1. The SMILES string of the molecule is COc1ccccc1CNc1nc(C)cc(C(=O)Nc2ccc(C)cc2)n1. The second-order valence-corrected chi connectivity index (χ2v) is 6.20. The number of carbonyl (C=O) groups excluding carboxylic acids is 1. The van der Waals surface area contributed by atoms with Crippen LogP contribution in [0, 0.1) is 13.8 Å². The molecule has 3 aromatic rings. The Balaban J connectivity index is 1.73. The normalized spacial score (nSPS) is 10.3. The summed E-state index contributed by atoms with van der Waals surface area (Å²) in [5.74, 6) is 0.912. The highest BCUT2D eigenvalue weighted by molar-refractivity contribution is 6.03. The van der Waals surface area contributed by atoms with Gasteiger partial charge in [0.1, 0.15) is 11.4 Å². The van der Waals surface area contributed by atoms with Gasteiger partial charge in [-0.15, -0.1) is 0 Å². The van der Waals surface area contributed by atoms with Crippen LogP contribution >= 0.6 is 0 Å². The third-order valence-corrected chi connectivity index (χ3v) is 4.03. The van der Waals surface area contributed by atoms with Gasteiger partial charge in [0.05, 0.1) is 7.11 Å². The Hall–Kier alpha value is -3.41. The van der Waals surface area contributed by atoms with Gasteiger partial charge in [-0.05, 0) is 38.1 Å². The van der Waals surface area contributed by atoms with Crippen molar-refractivity contribution in [2.45, 2.75) is 20.4 Å². The van der Waals surface area contributed by atoms with Crippen LogP contribution in [-0.2, 0) is 6.54 Å². The van der Waals surface area contributed by atoms with Gasteiger partial charge in [0.25, 0.3) is 5.91 Å². The smallest absolute Gasteiger partial charge is 0.274 e. The molecule has 0 spiro atoms. The molecule has 1 heterocycles. The molecule has 0 aliphatic rings. The van der Waals surface area contributed by atoms with Crippen molar-refractivity contribution in [2.75, 3.05) is 17.7 Å². The Labute approximate surface area is 158 Å². The molecular weight excluding hydrogens is 340 g/mol. The lowest BCUT2D eigenvalue weighted by Gasteiger charge is -2.11. The molecule has 0 radical (unpaired) electrons. The molecular formula is C21H22N4O2. The van der Waals surface area contributed by atoms with Gasteiger partial charge in [-0.2, -0.15) is 0 Å². The largest absolute Gasteiger partial charge is 0.496 e. The lowest BCUT2D eigenvalue weighted by atomic mass is 10.2. The molecule has 0 aliphatic carbocycles. The maximum absolute atomic E-state index is 12.5. The van der Waals surface area contributed by atoms with Gasteiger partial charge in [0.15, 0.2) is 0 Å². The van der Waals surface area contributed by atoms with Crippen LogP contribution in [0.1, 0.15) is 27.3 Å². The number of rotatable bonds is 6. The standard InChI is InChI=1S/C21H22N4O2/c1-14-8-10-17(11-9-14)24-20(26)18-12-15(2)23-21(25-18)22-13-16-6-4-5-7-19(16)27-3/h4-12H,13H2,1-3H3,(H,24,26)(H,22,23,25). The molecule has 0 unspecified atom stereocenters. The van der Waals surface area contributed by atoms with Gasteiger partial charge in [0, 0.05) is 23.5 Å². The number of carbonyl (C=O) groups is 1. The number of para-hydroxylation sites is 1. The van der Waals surface area contributed by atoms with E-state index < -0.39 is 0 Å². The van der Waals surface area contributed by atoms with E-state index in [1.807, 2.05) is 62.4 Å². The van der Waals surface area contributed by atoms with Crippen molar-refractivity contribution >= 4 is 17.5 Å². The van der Waals surface area contributed by atoms with Crippen molar-refractivity contribution in [3.8, 4) is 5.75 Å². The van der Waals surface area contributed by atoms with Crippen molar-refractivity contribution in [3.05, 3.63) is 77.1 Å². The van der Waals surface area contributed by atoms with Gasteiger partial charge < -0.3 is 15.4 Å². The van der Waals surface area contributed by atoms with E-state index >= 15 is 0 Å². The number of nitrogens with zero attached hydrogens (tertiary/aromatic N) is 2. The number of hydrogen-bond acceptors (Lipinski definition) is 5. The number of hydrogen-bond donors (Lipinski definition) is 2. The van der Waals surface area contributed by atoms with Crippen molar-refractivity contribution in [2.24, 2.45) is 0 Å². The summed E-state index contributed by atoms with van der Waals surface area (Å²) in [6, 6.07) is 17.0. The van der Waals surface area contributed by atoms with Gasteiger partial charge in [-0.25, -0.2) is 9.97 Å². The van der Waals surface area contributed by atoms with Crippen molar-refractivity contribution < 1.29 is 9.53 Å². The zero-order chi connectivity index (χ0) is 19.2. The first-order valence-electron chi connectivity index (χ1n) is 8.64. The molecule has 2 aromatic carbocycles. The minimum atomic E-state index is -0.273. The predicted octanol–water partition coefficient (Wildman–Crippen LogP) is 3.97. The summed E-state index contributed by atoms with van der Waals surface area (Å²) in [4.78, 5) is 21.2. The molecule has 3 rings (SSSR count). The Kier molecular flexibility index (Phi) is 5.66. The minimum absolute atomic E-state index is 0.273. The van der Waals surface area contributed by atoms with E-state index in [-0.39, 0.29) is 5.91 Å². The van der Waals surface area contributed by atoms with Gasteiger partial charge in [-0.1, -0.05) is 35.9 Å². The van der Waals surface area contributed by atoms with Crippen molar-refractivity contribution in [3.63, 3.8) is 0 Å². The average Bonchev–Trinajstić information content (AvgIpc) is 2.68. The van der Waals surface area contributed by atoms with Crippen LogP contribution in [0.2, 0.25) is 0 Å². The fourth-order valence-electron chi connectivity index (χ4n) is 2.62. The maximum atomic E-state index is 12.5. The molecule has 1 aromatic heterocycles. The van der Waals surface area contributed by atoms with Crippen LogP contribution in [0.15, 0.2) is 54.6 Å². The van der Waals surface area contributed by atoms with Crippen LogP contribution in [0.5, 0.6) is 5.75 Å². The van der Waals surface area contributed by atoms with Gasteiger partial charge in [0.2, 0.25) is 5.95 Å². The number of aromatic nitrogens is 2. The summed E-state index contributed by atoms with van der Waals surface area (Å²) < 4.78 is 5.35. The van der Waals surface area contributed by atoms with E-state index in [2.05, 4.69) is 20.6 Å². The van der Waals surface area contributed by atoms with Gasteiger partial charge in [-0.3, -0.25) is 4.79 Å². The number of benzene rings is 2. The first kappa shape index (κ1) is 18.4. The lowest BCUT2D eigenvalue weighted by molar-refractivity contribution is 0.102. The fourth-order valence-corrected chi connectivity index (χ4v) is 2.62. The Bertz CT molecular complexity index is 939. The third kappa shape index (κ3) is 4.82. The molecule has 0 aliphatic heterocycles. The van der Waals surface area contributed by atoms with Crippen LogP contribution in [0.4, 0.5) is 11.6 Å². The summed E-state index contributed by atoms with van der Waals surface area (Å²) in [6.07, 6.45) is 0. The van der Waals surface area contributed by atoms with Crippen LogP contribution in [0.3, 0.4) is 0 Å². The highest BCUT2D eigenvalue weighted by atomic mass is 16.5. The van der Waals surface area contributed by atoms with Gasteiger partial charge >= 0.3 is 0 Å². The molecule has 6 heteroatoms. The molecule has 2 N–H and O–H groups in total. The zero-order valence-electron chi connectivity index (χ0n) is 15.6. The van der Waals surface area contributed by atoms with E-state index in [9.17, 15) is 4.79 Å². The molecule has 0 saturated heterocycles. The number of ether oxygens (including phenoxy) is 1. The van der Waals surface area contributed by atoms with E-state index in [1.54, 1.807) is 13.2 Å². The molecule has 27 heavy (non-hydrogen) atoms. The first-order valence-corrected chi connectivity index (χ1v) is 8.64. The summed E-state index contributed by atoms with van der Waals surface area (Å²) >= 11 is 0. The number of nitrogens with one attached hydrogen (secondary N) is 2. The van der Waals surface area contributed by atoms with E-state index in [1.165, 1.54) is 0 Å². The summed E-state index contributed by atoms with van der Waals surface area (Å²) in [7, 11) is 1.63. The fraction of sp³-hybridized carbons (Fsp3) is 0.190. The predicted molar refractivity (Wildman–Crippen MR) is 106 cm³/mol. The number of anilines is 2. The monoisotopic (exact) mass is 362 g/mol. The summed E-state index contributed by atoms with van der Waals surface area (Å²) in [6.45, 7) is 4.32. The van der Waals surface area contributed by atoms with Crippen molar-refractivity contribution in [1.82, 2.24) is 9.97 Å². The Morgan fingerprint density at radius 2 is 1.78 bits per heavy atom. The van der Waals surface area contributed by atoms with Crippen LogP contribution in [-0.4, -0.2) is 23.0 Å².